The summed E-state index contributed by atoms with van der Waals surface area (Å²) < 4.78 is 5.21. The third-order valence-electron chi connectivity index (χ3n) is 3.72. The second kappa shape index (κ2) is 5.09. The Labute approximate surface area is 113 Å². The first-order valence-corrected chi connectivity index (χ1v) is 6.40. The SMILES string of the molecule is COc1cc2c(cc1N)N(C(=O)[C@@H](C)N(C)C)CC2. The highest BCUT2D eigenvalue weighted by Crippen LogP contribution is 2.36. The number of ether oxygens (including phenoxy) is 1. The molecule has 1 amide bonds. The van der Waals surface area contributed by atoms with Gasteiger partial charge in [-0.25, -0.2) is 0 Å². The van der Waals surface area contributed by atoms with Crippen molar-refractivity contribution >= 4 is 17.3 Å². The molecular weight excluding hydrogens is 242 g/mol. The highest BCUT2D eigenvalue weighted by molar-refractivity contribution is 5.99. The van der Waals surface area contributed by atoms with E-state index in [1.807, 2.05) is 43.0 Å². The zero-order valence-corrected chi connectivity index (χ0v) is 11.9. The lowest BCUT2D eigenvalue weighted by Crippen LogP contribution is -2.43. The molecule has 0 unspecified atom stereocenters. The molecule has 1 aromatic carbocycles. The van der Waals surface area contributed by atoms with Gasteiger partial charge in [0.05, 0.1) is 18.8 Å². The Morgan fingerprint density at radius 2 is 2.16 bits per heavy atom. The van der Waals surface area contributed by atoms with Gasteiger partial charge in [-0.1, -0.05) is 0 Å². The summed E-state index contributed by atoms with van der Waals surface area (Å²) in [6.45, 7) is 2.62. The van der Waals surface area contributed by atoms with Gasteiger partial charge in [-0.3, -0.25) is 9.69 Å². The average molecular weight is 263 g/mol. The van der Waals surface area contributed by atoms with E-state index in [9.17, 15) is 4.79 Å². The minimum absolute atomic E-state index is 0.105. The largest absolute Gasteiger partial charge is 0.495 e. The third kappa shape index (κ3) is 2.38. The minimum Gasteiger partial charge on any atom is -0.495 e. The molecule has 2 rings (SSSR count). The number of anilines is 2. The second-order valence-corrected chi connectivity index (χ2v) is 5.10. The van der Waals surface area contributed by atoms with Crippen molar-refractivity contribution in [3.05, 3.63) is 17.7 Å². The number of rotatable bonds is 3. The van der Waals surface area contributed by atoms with Gasteiger partial charge in [0.2, 0.25) is 5.91 Å². The fourth-order valence-electron chi connectivity index (χ4n) is 2.28. The van der Waals surface area contributed by atoms with Crippen molar-refractivity contribution < 1.29 is 9.53 Å². The number of likely N-dealkylation sites (N-methyl/N-ethyl adjacent to an activating group) is 1. The Morgan fingerprint density at radius 1 is 1.47 bits per heavy atom. The molecule has 5 heteroatoms. The lowest BCUT2D eigenvalue weighted by molar-refractivity contribution is -0.122. The van der Waals surface area contributed by atoms with Crippen LogP contribution in [-0.2, 0) is 11.2 Å². The Hall–Kier alpha value is -1.75. The zero-order valence-electron chi connectivity index (χ0n) is 11.9. The first-order valence-electron chi connectivity index (χ1n) is 6.40. The molecule has 0 bridgehead atoms. The molecule has 0 saturated carbocycles. The van der Waals surface area contributed by atoms with Gasteiger partial charge in [0, 0.05) is 12.2 Å². The predicted octanol–water partition coefficient (Wildman–Crippen LogP) is 1.12. The van der Waals surface area contributed by atoms with E-state index in [4.69, 9.17) is 10.5 Å². The van der Waals surface area contributed by atoms with Crippen molar-refractivity contribution in [3.8, 4) is 5.75 Å². The fourth-order valence-corrected chi connectivity index (χ4v) is 2.28. The summed E-state index contributed by atoms with van der Waals surface area (Å²) in [7, 11) is 5.41. The summed E-state index contributed by atoms with van der Waals surface area (Å²) in [5.74, 6) is 0.780. The van der Waals surface area contributed by atoms with Crippen molar-refractivity contribution in [2.75, 3.05) is 38.4 Å². The number of nitrogens with two attached hydrogens (primary N) is 1. The molecule has 0 spiro atoms. The topological polar surface area (TPSA) is 58.8 Å². The monoisotopic (exact) mass is 263 g/mol. The van der Waals surface area contributed by atoms with Crippen LogP contribution in [0.25, 0.3) is 0 Å². The minimum atomic E-state index is -0.144. The Bertz CT molecular complexity index is 500. The quantitative estimate of drug-likeness (QED) is 0.830. The van der Waals surface area contributed by atoms with Gasteiger partial charge in [-0.05, 0) is 45.1 Å². The number of hydrogen-bond donors (Lipinski definition) is 1. The molecule has 19 heavy (non-hydrogen) atoms. The number of fused-ring (bicyclic) bond motifs is 1. The molecule has 1 aromatic rings. The zero-order chi connectivity index (χ0) is 14.2. The molecule has 5 nitrogen and oxygen atoms in total. The number of amides is 1. The van der Waals surface area contributed by atoms with E-state index in [2.05, 4.69) is 0 Å². The van der Waals surface area contributed by atoms with E-state index in [-0.39, 0.29) is 11.9 Å². The van der Waals surface area contributed by atoms with Gasteiger partial charge in [0.1, 0.15) is 5.75 Å². The maximum atomic E-state index is 12.4. The normalized spacial score (nSPS) is 15.5. The molecule has 1 aliphatic heterocycles. The van der Waals surface area contributed by atoms with Crippen molar-refractivity contribution in [2.24, 2.45) is 0 Å². The van der Waals surface area contributed by atoms with Crippen molar-refractivity contribution in [1.82, 2.24) is 4.90 Å². The van der Waals surface area contributed by atoms with Crippen LogP contribution in [0.5, 0.6) is 5.75 Å². The van der Waals surface area contributed by atoms with E-state index >= 15 is 0 Å². The van der Waals surface area contributed by atoms with Crippen LogP contribution in [0.15, 0.2) is 12.1 Å². The van der Waals surface area contributed by atoms with Crippen LogP contribution >= 0.6 is 0 Å². The van der Waals surface area contributed by atoms with Crippen LogP contribution in [0.3, 0.4) is 0 Å². The fraction of sp³-hybridized carbons (Fsp3) is 0.500. The van der Waals surface area contributed by atoms with Gasteiger partial charge >= 0.3 is 0 Å². The van der Waals surface area contributed by atoms with Crippen LogP contribution in [0, 0.1) is 0 Å². The number of benzene rings is 1. The Morgan fingerprint density at radius 3 is 2.74 bits per heavy atom. The van der Waals surface area contributed by atoms with Crippen molar-refractivity contribution in [2.45, 2.75) is 19.4 Å². The van der Waals surface area contributed by atoms with E-state index in [1.165, 1.54) is 0 Å². The number of methoxy groups -OCH3 is 1. The lowest BCUT2D eigenvalue weighted by atomic mass is 10.1. The summed E-state index contributed by atoms with van der Waals surface area (Å²) in [4.78, 5) is 16.2. The standard InChI is InChI=1S/C14H21N3O2/c1-9(16(2)3)14(18)17-6-5-10-7-13(19-4)11(15)8-12(10)17/h7-9H,5-6,15H2,1-4H3/t9-/m1/s1. The highest BCUT2D eigenvalue weighted by Gasteiger charge is 2.29. The lowest BCUT2D eigenvalue weighted by Gasteiger charge is -2.26. The number of hydrogen-bond acceptors (Lipinski definition) is 4. The van der Waals surface area contributed by atoms with E-state index < -0.39 is 0 Å². The summed E-state index contributed by atoms with van der Waals surface area (Å²) in [6, 6.07) is 3.62. The van der Waals surface area contributed by atoms with Crippen LogP contribution in [0.1, 0.15) is 12.5 Å². The van der Waals surface area contributed by atoms with Crippen molar-refractivity contribution in [1.29, 1.82) is 0 Å². The second-order valence-electron chi connectivity index (χ2n) is 5.10. The van der Waals surface area contributed by atoms with Gasteiger partial charge in [-0.2, -0.15) is 0 Å². The third-order valence-corrected chi connectivity index (χ3v) is 3.72. The smallest absolute Gasteiger partial charge is 0.244 e. The molecule has 104 valence electrons. The maximum absolute atomic E-state index is 12.4. The van der Waals surface area contributed by atoms with Crippen molar-refractivity contribution in [3.63, 3.8) is 0 Å². The molecule has 0 fully saturated rings. The van der Waals surface area contributed by atoms with Gasteiger partial charge in [0.25, 0.3) is 0 Å². The molecule has 1 heterocycles. The first-order chi connectivity index (χ1) is 8.95. The molecule has 0 aromatic heterocycles. The maximum Gasteiger partial charge on any atom is 0.244 e. The highest BCUT2D eigenvalue weighted by atomic mass is 16.5. The van der Waals surface area contributed by atoms with Crippen LogP contribution in [0.4, 0.5) is 11.4 Å². The summed E-state index contributed by atoms with van der Waals surface area (Å²) in [5.41, 5.74) is 8.53. The predicted molar refractivity (Wildman–Crippen MR) is 76.6 cm³/mol. The first kappa shape index (κ1) is 13.7. The van der Waals surface area contributed by atoms with Gasteiger partial charge in [0.15, 0.2) is 0 Å². The number of carbonyl (C=O) groups excluding carboxylic acids is 1. The van der Waals surface area contributed by atoms with Crippen LogP contribution < -0.4 is 15.4 Å². The van der Waals surface area contributed by atoms with Crippen LogP contribution in [0.2, 0.25) is 0 Å². The average Bonchev–Trinajstić information content (AvgIpc) is 2.78. The number of carbonyl (C=O) groups is 1. The van der Waals surface area contributed by atoms with Gasteiger partial charge in [-0.15, -0.1) is 0 Å². The molecule has 0 radical (unpaired) electrons. The molecule has 1 aliphatic rings. The Kier molecular flexibility index (Phi) is 3.66. The van der Waals surface area contributed by atoms with E-state index in [0.29, 0.717) is 18.0 Å². The number of nitrogen functional groups attached to an aromatic ring is 1. The van der Waals surface area contributed by atoms with Crippen LogP contribution in [-0.4, -0.2) is 44.6 Å². The van der Waals surface area contributed by atoms with Gasteiger partial charge < -0.3 is 15.4 Å². The molecule has 0 aliphatic carbocycles. The van der Waals surface area contributed by atoms with E-state index in [0.717, 1.165) is 17.7 Å². The molecule has 1 atom stereocenters. The molecule has 0 saturated heterocycles. The van der Waals surface area contributed by atoms with E-state index in [1.54, 1.807) is 7.11 Å². The summed E-state index contributed by atoms with van der Waals surface area (Å²) in [5, 5.41) is 0. The molecular formula is C14H21N3O2. The number of nitrogens with zero attached hydrogens (tertiary/aromatic N) is 2. The Balaban J connectivity index is 2.32. The molecule has 2 N–H and O–H groups in total. The summed E-state index contributed by atoms with van der Waals surface area (Å²) >= 11 is 0. The summed E-state index contributed by atoms with van der Waals surface area (Å²) in [6.07, 6.45) is 0.845.